The number of hydrogen-bond acceptors (Lipinski definition) is 2. The van der Waals surface area contributed by atoms with Crippen molar-refractivity contribution in [1.82, 2.24) is 5.32 Å². The molecule has 2 nitrogen and oxygen atoms in total. The molecule has 1 aromatic carbocycles. The number of nitrogens with zero attached hydrogens (tertiary/aromatic N) is 1. The molecule has 0 fully saturated rings. The maximum Gasteiger partial charge on any atom is 0.0395 e. The number of para-hydroxylation sites is 1. The zero-order chi connectivity index (χ0) is 13.4. The van der Waals surface area contributed by atoms with E-state index in [1.165, 1.54) is 24.1 Å². The first-order valence-electron chi connectivity index (χ1n) is 7.23. The number of benzene rings is 1. The maximum atomic E-state index is 3.55. The molecule has 2 heteroatoms. The average Bonchev–Trinajstić information content (AvgIpc) is 2.39. The Morgan fingerprint density at radius 2 is 1.94 bits per heavy atom. The largest absolute Gasteiger partial charge is 0.372 e. The first-order chi connectivity index (χ1) is 8.69. The lowest BCUT2D eigenvalue weighted by Crippen LogP contribution is -2.33. The number of hydrogen-bond donors (Lipinski definition) is 1. The van der Waals surface area contributed by atoms with Crippen LogP contribution in [0.5, 0.6) is 0 Å². The van der Waals surface area contributed by atoms with Crippen molar-refractivity contribution in [3.63, 3.8) is 0 Å². The number of anilines is 1. The average molecular weight is 248 g/mol. The molecule has 0 radical (unpaired) electrons. The molecule has 0 aliphatic heterocycles. The summed E-state index contributed by atoms with van der Waals surface area (Å²) in [6, 6.07) is 9.25. The first kappa shape index (κ1) is 15.0. The predicted octanol–water partition coefficient (Wildman–Crippen LogP) is 3.60. The Kier molecular flexibility index (Phi) is 6.81. The summed E-state index contributed by atoms with van der Waals surface area (Å²) in [6.45, 7) is 12.2. The van der Waals surface area contributed by atoms with Crippen LogP contribution in [0.2, 0.25) is 0 Å². The molecule has 0 saturated carbocycles. The number of aryl methyl sites for hydroxylation is 1. The van der Waals surface area contributed by atoms with Crippen LogP contribution in [0.25, 0.3) is 0 Å². The minimum atomic E-state index is 0.600. The second kappa shape index (κ2) is 8.15. The van der Waals surface area contributed by atoms with Crippen molar-refractivity contribution in [3.05, 3.63) is 29.8 Å². The second-order valence-electron chi connectivity index (χ2n) is 5.01. The zero-order valence-electron chi connectivity index (χ0n) is 12.4. The van der Waals surface area contributed by atoms with Gasteiger partial charge >= 0.3 is 0 Å². The van der Waals surface area contributed by atoms with Gasteiger partial charge in [0.25, 0.3) is 0 Å². The van der Waals surface area contributed by atoms with Gasteiger partial charge in [0.2, 0.25) is 0 Å². The van der Waals surface area contributed by atoms with Gasteiger partial charge in [0.15, 0.2) is 0 Å². The van der Waals surface area contributed by atoms with E-state index in [2.05, 4.69) is 62.2 Å². The van der Waals surface area contributed by atoms with Gasteiger partial charge in [-0.15, -0.1) is 0 Å². The third-order valence-electron chi connectivity index (χ3n) is 3.41. The SMILES string of the molecule is CCCNC(C)CCN(CC)c1ccccc1C. The van der Waals surface area contributed by atoms with Crippen molar-refractivity contribution < 1.29 is 0 Å². The minimum Gasteiger partial charge on any atom is -0.372 e. The molecule has 1 unspecified atom stereocenters. The van der Waals surface area contributed by atoms with E-state index in [9.17, 15) is 0 Å². The van der Waals surface area contributed by atoms with E-state index in [1.807, 2.05) is 0 Å². The Morgan fingerprint density at radius 1 is 1.22 bits per heavy atom. The summed E-state index contributed by atoms with van der Waals surface area (Å²) in [4.78, 5) is 2.47. The summed E-state index contributed by atoms with van der Waals surface area (Å²) in [7, 11) is 0. The third-order valence-corrected chi connectivity index (χ3v) is 3.41. The van der Waals surface area contributed by atoms with Crippen LogP contribution in [0.4, 0.5) is 5.69 Å². The van der Waals surface area contributed by atoms with Crippen molar-refractivity contribution in [1.29, 1.82) is 0 Å². The van der Waals surface area contributed by atoms with Gasteiger partial charge in [-0.3, -0.25) is 0 Å². The lowest BCUT2D eigenvalue weighted by molar-refractivity contribution is 0.511. The van der Waals surface area contributed by atoms with Gasteiger partial charge in [-0.25, -0.2) is 0 Å². The van der Waals surface area contributed by atoms with Gasteiger partial charge in [0.05, 0.1) is 0 Å². The summed E-state index contributed by atoms with van der Waals surface area (Å²) in [5, 5.41) is 3.55. The van der Waals surface area contributed by atoms with E-state index >= 15 is 0 Å². The molecule has 0 amide bonds. The van der Waals surface area contributed by atoms with Crippen molar-refractivity contribution in [2.45, 2.75) is 46.6 Å². The first-order valence-corrected chi connectivity index (χ1v) is 7.23. The van der Waals surface area contributed by atoms with Crippen LogP contribution in [0.3, 0.4) is 0 Å². The smallest absolute Gasteiger partial charge is 0.0395 e. The molecule has 0 bridgehead atoms. The van der Waals surface area contributed by atoms with Crippen molar-refractivity contribution >= 4 is 5.69 Å². The Morgan fingerprint density at radius 3 is 2.56 bits per heavy atom. The van der Waals surface area contributed by atoms with Gasteiger partial charge in [-0.2, -0.15) is 0 Å². The van der Waals surface area contributed by atoms with Crippen LogP contribution in [0, 0.1) is 6.92 Å². The van der Waals surface area contributed by atoms with Crippen LogP contribution in [0.1, 0.15) is 39.2 Å². The maximum absolute atomic E-state index is 3.55. The van der Waals surface area contributed by atoms with Crippen molar-refractivity contribution in [3.8, 4) is 0 Å². The molecule has 1 atom stereocenters. The fourth-order valence-electron chi connectivity index (χ4n) is 2.21. The molecule has 0 saturated heterocycles. The molecule has 0 aliphatic rings. The van der Waals surface area contributed by atoms with Gasteiger partial charge in [0.1, 0.15) is 0 Å². The molecule has 0 heterocycles. The van der Waals surface area contributed by atoms with Crippen molar-refractivity contribution in [2.24, 2.45) is 0 Å². The molecular formula is C16H28N2. The molecule has 1 rings (SSSR count). The van der Waals surface area contributed by atoms with E-state index in [-0.39, 0.29) is 0 Å². The predicted molar refractivity (Wildman–Crippen MR) is 81.4 cm³/mol. The summed E-state index contributed by atoms with van der Waals surface area (Å²) in [5.74, 6) is 0. The highest BCUT2D eigenvalue weighted by Crippen LogP contribution is 2.19. The fourth-order valence-corrected chi connectivity index (χ4v) is 2.21. The van der Waals surface area contributed by atoms with Crippen LogP contribution >= 0.6 is 0 Å². The molecule has 0 aliphatic carbocycles. The normalized spacial score (nSPS) is 12.4. The number of nitrogens with one attached hydrogen (secondary N) is 1. The molecule has 0 spiro atoms. The van der Waals surface area contributed by atoms with E-state index in [0.29, 0.717) is 6.04 Å². The van der Waals surface area contributed by atoms with Crippen molar-refractivity contribution in [2.75, 3.05) is 24.5 Å². The van der Waals surface area contributed by atoms with Crippen LogP contribution in [-0.4, -0.2) is 25.7 Å². The van der Waals surface area contributed by atoms with E-state index in [0.717, 1.165) is 19.6 Å². The minimum absolute atomic E-state index is 0.600. The fraction of sp³-hybridized carbons (Fsp3) is 0.625. The Hall–Kier alpha value is -1.02. The van der Waals surface area contributed by atoms with Gasteiger partial charge in [0, 0.05) is 24.8 Å². The quantitative estimate of drug-likeness (QED) is 0.756. The topological polar surface area (TPSA) is 15.3 Å². The standard InChI is InChI=1S/C16H28N2/c1-5-12-17-15(4)11-13-18(6-2)16-10-8-7-9-14(16)3/h7-10,15,17H,5-6,11-13H2,1-4H3. The summed E-state index contributed by atoms with van der Waals surface area (Å²) in [6.07, 6.45) is 2.40. The number of rotatable bonds is 8. The van der Waals surface area contributed by atoms with Gasteiger partial charge < -0.3 is 10.2 Å². The summed E-state index contributed by atoms with van der Waals surface area (Å²) < 4.78 is 0. The van der Waals surface area contributed by atoms with Crippen LogP contribution in [0.15, 0.2) is 24.3 Å². The van der Waals surface area contributed by atoms with E-state index in [1.54, 1.807) is 0 Å². The lowest BCUT2D eigenvalue weighted by atomic mass is 10.1. The molecular weight excluding hydrogens is 220 g/mol. The highest BCUT2D eigenvalue weighted by molar-refractivity contribution is 5.52. The van der Waals surface area contributed by atoms with Gasteiger partial charge in [-0.1, -0.05) is 25.1 Å². The Labute approximate surface area is 112 Å². The highest BCUT2D eigenvalue weighted by atomic mass is 15.1. The summed E-state index contributed by atoms with van der Waals surface area (Å²) >= 11 is 0. The van der Waals surface area contributed by atoms with Crippen LogP contribution in [-0.2, 0) is 0 Å². The molecule has 1 aromatic rings. The molecule has 1 N–H and O–H groups in total. The lowest BCUT2D eigenvalue weighted by Gasteiger charge is -2.26. The van der Waals surface area contributed by atoms with E-state index < -0.39 is 0 Å². The van der Waals surface area contributed by atoms with Crippen LogP contribution < -0.4 is 10.2 Å². The second-order valence-corrected chi connectivity index (χ2v) is 5.01. The Bertz CT molecular complexity index is 336. The Balaban J connectivity index is 2.50. The monoisotopic (exact) mass is 248 g/mol. The molecule has 0 aromatic heterocycles. The third kappa shape index (κ3) is 4.69. The molecule has 18 heavy (non-hydrogen) atoms. The zero-order valence-corrected chi connectivity index (χ0v) is 12.4. The van der Waals surface area contributed by atoms with Gasteiger partial charge in [-0.05, 0) is 51.8 Å². The highest BCUT2D eigenvalue weighted by Gasteiger charge is 2.08. The molecule has 102 valence electrons. The van der Waals surface area contributed by atoms with E-state index in [4.69, 9.17) is 0 Å². The summed E-state index contributed by atoms with van der Waals surface area (Å²) in [5.41, 5.74) is 2.75.